The van der Waals surface area contributed by atoms with E-state index in [2.05, 4.69) is 0 Å². The summed E-state index contributed by atoms with van der Waals surface area (Å²) in [4.78, 5) is 0. The summed E-state index contributed by atoms with van der Waals surface area (Å²) in [6, 6.07) is 5.37. The molecule has 0 unspecified atom stereocenters. The number of benzene rings is 1. The van der Waals surface area contributed by atoms with Crippen molar-refractivity contribution in [3.05, 3.63) is 33.8 Å². The maximum Gasteiger partial charge on any atom is 0.196 e. The van der Waals surface area contributed by atoms with E-state index in [9.17, 15) is 0 Å². The molecule has 0 amide bonds. The smallest absolute Gasteiger partial charge is 0.196 e. The Bertz CT molecular complexity index is 360. The van der Waals surface area contributed by atoms with E-state index in [0.29, 0.717) is 23.3 Å². The molecule has 1 heterocycles. The van der Waals surface area contributed by atoms with E-state index in [1.165, 1.54) is 0 Å². The summed E-state index contributed by atoms with van der Waals surface area (Å²) in [7, 11) is 0. The van der Waals surface area contributed by atoms with Crippen LogP contribution >= 0.6 is 23.2 Å². The maximum atomic E-state index is 6.13. The Morgan fingerprint density at radius 2 is 1.76 bits per heavy atom. The van der Waals surface area contributed by atoms with E-state index in [0.717, 1.165) is 12.0 Å². The molecule has 0 radical (unpaired) electrons. The van der Waals surface area contributed by atoms with Crippen LogP contribution in [0.1, 0.15) is 32.8 Å². The lowest BCUT2D eigenvalue weighted by atomic mass is 10.0. The van der Waals surface area contributed by atoms with Gasteiger partial charge in [0.2, 0.25) is 0 Å². The van der Waals surface area contributed by atoms with Gasteiger partial charge in [0, 0.05) is 17.0 Å². The minimum Gasteiger partial charge on any atom is -0.343 e. The number of hydrogen-bond donors (Lipinski definition) is 0. The third-order valence-corrected chi connectivity index (χ3v) is 3.11. The Morgan fingerprint density at radius 3 is 2.24 bits per heavy atom. The highest BCUT2D eigenvalue weighted by atomic mass is 35.5. The fourth-order valence-corrected chi connectivity index (χ4v) is 2.36. The summed E-state index contributed by atoms with van der Waals surface area (Å²) in [5.41, 5.74) is 0.855. The van der Waals surface area contributed by atoms with Crippen molar-refractivity contribution in [1.82, 2.24) is 0 Å². The van der Waals surface area contributed by atoms with Gasteiger partial charge in [0.15, 0.2) is 5.79 Å². The molecule has 1 aliphatic heterocycles. The molecular formula is C13H18Cl2O2. The van der Waals surface area contributed by atoms with Gasteiger partial charge in [0.25, 0.3) is 0 Å². The molecule has 2 nitrogen and oxygen atoms in total. The second-order valence-electron chi connectivity index (χ2n) is 3.43. The van der Waals surface area contributed by atoms with Crippen LogP contribution in [0.25, 0.3) is 0 Å². The average Bonchev–Trinajstić information content (AvgIpc) is 2.81. The van der Waals surface area contributed by atoms with Crippen molar-refractivity contribution in [3.63, 3.8) is 0 Å². The van der Waals surface area contributed by atoms with Gasteiger partial charge in [-0.05, 0) is 12.1 Å². The third kappa shape index (κ3) is 3.14. The molecule has 0 N–H and O–H groups in total. The van der Waals surface area contributed by atoms with E-state index in [-0.39, 0.29) is 0 Å². The zero-order valence-electron chi connectivity index (χ0n) is 10.4. The molecule has 0 atom stereocenters. The van der Waals surface area contributed by atoms with Crippen molar-refractivity contribution in [2.75, 3.05) is 13.2 Å². The van der Waals surface area contributed by atoms with Crippen molar-refractivity contribution in [3.8, 4) is 0 Å². The molecule has 1 aromatic rings. The number of hydrogen-bond acceptors (Lipinski definition) is 2. The van der Waals surface area contributed by atoms with Crippen LogP contribution < -0.4 is 0 Å². The third-order valence-electron chi connectivity index (χ3n) is 2.56. The van der Waals surface area contributed by atoms with E-state index < -0.39 is 5.79 Å². The van der Waals surface area contributed by atoms with Gasteiger partial charge in [-0.1, -0.05) is 50.0 Å². The highest BCUT2D eigenvalue weighted by Crippen LogP contribution is 2.39. The maximum absolute atomic E-state index is 6.13. The first-order valence-corrected chi connectivity index (χ1v) is 6.67. The minimum absolute atomic E-state index is 0.589. The Labute approximate surface area is 113 Å². The van der Waals surface area contributed by atoms with Gasteiger partial charge in [0.05, 0.1) is 18.2 Å². The predicted octanol–water partition coefficient (Wildman–Crippen LogP) is 4.63. The van der Waals surface area contributed by atoms with Crippen LogP contribution in [0, 0.1) is 0 Å². The Kier molecular flexibility index (Phi) is 5.74. The number of halogens is 2. The number of ether oxygens (including phenoxy) is 2. The highest BCUT2D eigenvalue weighted by Gasteiger charge is 2.38. The molecule has 1 aromatic carbocycles. The molecule has 4 heteroatoms. The van der Waals surface area contributed by atoms with Gasteiger partial charge < -0.3 is 9.47 Å². The molecule has 0 bridgehead atoms. The largest absolute Gasteiger partial charge is 0.343 e. The molecule has 0 aromatic heterocycles. The van der Waals surface area contributed by atoms with Crippen LogP contribution in [0.3, 0.4) is 0 Å². The molecule has 17 heavy (non-hydrogen) atoms. The molecule has 0 spiro atoms. The standard InChI is InChI=1S/C11H12Cl2O2.C2H6/c1-2-11(14-5-6-15-11)9-4-3-8(12)7-10(9)13;1-2/h3-4,7H,2,5-6H2,1H3;1-2H3. The average molecular weight is 277 g/mol. The minimum atomic E-state index is -0.679. The van der Waals surface area contributed by atoms with Gasteiger partial charge in [-0.15, -0.1) is 0 Å². The molecule has 2 rings (SSSR count). The van der Waals surface area contributed by atoms with Crippen molar-refractivity contribution in [2.24, 2.45) is 0 Å². The molecule has 96 valence electrons. The Morgan fingerprint density at radius 1 is 1.18 bits per heavy atom. The van der Waals surface area contributed by atoms with Crippen molar-refractivity contribution in [1.29, 1.82) is 0 Å². The van der Waals surface area contributed by atoms with Gasteiger partial charge in [-0.3, -0.25) is 0 Å². The van der Waals surface area contributed by atoms with Crippen LogP contribution in [0.15, 0.2) is 18.2 Å². The lowest BCUT2D eigenvalue weighted by molar-refractivity contribution is -0.167. The van der Waals surface area contributed by atoms with E-state index in [4.69, 9.17) is 32.7 Å². The predicted molar refractivity (Wildman–Crippen MR) is 71.7 cm³/mol. The van der Waals surface area contributed by atoms with Gasteiger partial charge in [-0.2, -0.15) is 0 Å². The van der Waals surface area contributed by atoms with Crippen LogP contribution in [-0.4, -0.2) is 13.2 Å². The lowest BCUT2D eigenvalue weighted by Gasteiger charge is -2.27. The first-order chi connectivity index (χ1) is 8.18. The molecule has 0 aliphatic carbocycles. The summed E-state index contributed by atoms with van der Waals surface area (Å²) < 4.78 is 11.3. The molecule has 1 aliphatic rings. The van der Waals surface area contributed by atoms with Crippen LogP contribution in [0.2, 0.25) is 10.0 Å². The van der Waals surface area contributed by atoms with Gasteiger partial charge >= 0.3 is 0 Å². The SMILES string of the molecule is CC.CCC1(c2ccc(Cl)cc2Cl)OCCO1. The number of rotatable bonds is 2. The second-order valence-corrected chi connectivity index (χ2v) is 4.27. The topological polar surface area (TPSA) is 18.5 Å². The summed E-state index contributed by atoms with van der Waals surface area (Å²) in [6.07, 6.45) is 0.731. The monoisotopic (exact) mass is 276 g/mol. The van der Waals surface area contributed by atoms with Gasteiger partial charge in [-0.25, -0.2) is 0 Å². The van der Waals surface area contributed by atoms with Crippen LogP contribution in [-0.2, 0) is 15.3 Å². The first kappa shape index (κ1) is 14.8. The van der Waals surface area contributed by atoms with Crippen molar-refractivity contribution >= 4 is 23.2 Å². The quantitative estimate of drug-likeness (QED) is 0.784. The molecular weight excluding hydrogens is 259 g/mol. The molecule has 1 fully saturated rings. The second kappa shape index (κ2) is 6.60. The lowest BCUT2D eigenvalue weighted by Crippen LogP contribution is -2.26. The van der Waals surface area contributed by atoms with E-state index in [1.807, 2.05) is 26.8 Å². The fraction of sp³-hybridized carbons (Fsp3) is 0.538. The Balaban J connectivity index is 0.000000686. The zero-order valence-corrected chi connectivity index (χ0v) is 11.9. The van der Waals surface area contributed by atoms with Crippen LogP contribution in [0.5, 0.6) is 0 Å². The Hall–Kier alpha value is -0.280. The highest BCUT2D eigenvalue weighted by molar-refractivity contribution is 6.35. The summed E-state index contributed by atoms with van der Waals surface area (Å²) in [5.74, 6) is -0.679. The normalized spacial score (nSPS) is 17.5. The van der Waals surface area contributed by atoms with Crippen molar-refractivity contribution in [2.45, 2.75) is 33.0 Å². The molecule has 0 saturated carbocycles. The first-order valence-electron chi connectivity index (χ1n) is 5.91. The summed E-state index contributed by atoms with van der Waals surface area (Å²) in [6.45, 7) is 7.22. The summed E-state index contributed by atoms with van der Waals surface area (Å²) >= 11 is 12.0. The fourth-order valence-electron chi connectivity index (χ4n) is 1.80. The van der Waals surface area contributed by atoms with E-state index >= 15 is 0 Å². The zero-order chi connectivity index (χ0) is 12.9. The van der Waals surface area contributed by atoms with E-state index in [1.54, 1.807) is 12.1 Å². The van der Waals surface area contributed by atoms with Crippen LogP contribution in [0.4, 0.5) is 0 Å². The molecule has 1 saturated heterocycles. The summed E-state index contributed by atoms with van der Waals surface area (Å²) in [5, 5.41) is 1.21. The van der Waals surface area contributed by atoms with Crippen molar-refractivity contribution < 1.29 is 9.47 Å². The van der Waals surface area contributed by atoms with Gasteiger partial charge in [0.1, 0.15) is 0 Å².